The van der Waals surface area contributed by atoms with Crippen molar-refractivity contribution in [3.63, 3.8) is 0 Å². The van der Waals surface area contributed by atoms with Crippen molar-refractivity contribution in [1.82, 2.24) is 10.2 Å². The first-order valence-corrected chi connectivity index (χ1v) is 8.85. The molecule has 1 N–H and O–H groups in total. The minimum atomic E-state index is -0.168. The molecular formula is C19H28N2O4. The summed E-state index contributed by atoms with van der Waals surface area (Å²) in [6.07, 6.45) is 4.58. The molecule has 0 saturated carbocycles. The summed E-state index contributed by atoms with van der Waals surface area (Å²) in [6, 6.07) is 3.43. The molecule has 138 valence electrons. The number of carbonyl (C=O) groups excluding carboxylic acids is 2. The lowest BCUT2D eigenvalue weighted by atomic mass is 10.1. The molecule has 1 aromatic carbocycles. The van der Waals surface area contributed by atoms with Crippen LogP contribution in [0, 0.1) is 6.92 Å². The summed E-state index contributed by atoms with van der Waals surface area (Å²) in [7, 11) is 3.14. The third-order valence-corrected chi connectivity index (χ3v) is 4.58. The number of ether oxygens (including phenoxy) is 2. The zero-order chi connectivity index (χ0) is 18.2. The Bertz CT molecular complexity index is 590. The van der Waals surface area contributed by atoms with Crippen molar-refractivity contribution in [1.29, 1.82) is 0 Å². The van der Waals surface area contributed by atoms with Gasteiger partial charge in [-0.1, -0.05) is 6.42 Å². The molecule has 1 aromatic rings. The number of carbonyl (C=O) groups is 2. The molecule has 1 saturated heterocycles. The Labute approximate surface area is 149 Å². The van der Waals surface area contributed by atoms with Crippen LogP contribution in [0.2, 0.25) is 0 Å². The molecule has 2 amide bonds. The van der Waals surface area contributed by atoms with Crippen LogP contribution in [-0.4, -0.2) is 50.6 Å². The number of amides is 2. The average molecular weight is 348 g/mol. The Kier molecular flexibility index (Phi) is 7.10. The van der Waals surface area contributed by atoms with Crippen molar-refractivity contribution < 1.29 is 19.1 Å². The first-order valence-electron chi connectivity index (χ1n) is 8.85. The Morgan fingerprint density at radius 2 is 1.84 bits per heavy atom. The van der Waals surface area contributed by atoms with Crippen LogP contribution in [-0.2, 0) is 4.79 Å². The number of hydrogen-bond donors (Lipinski definition) is 1. The van der Waals surface area contributed by atoms with Crippen molar-refractivity contribution in [2.45, 2.75) is 39.0 Å². The van der Waals surface area contributed by atoms with Gasteiger partial charge in [0.15, 0.2) is 0 Å². The number of hydrogen-bond acceptors (Lipinski definition) is 4. The molecule has 6 heteroatoms. The van der Waals surface area contributed by atoms with Crippen LogP contribution in [0.25, 0.3) is 0 Å². The molecule has 2 rings (SSSR count). The quantitative estimate of drug-likeness (QED) is 0.769. The number of benzene rings is 1. The van der Waals surface area contributed by atoms with Crippen LogP contribution in [0.1, 0.15) is 48.0 Å². The fourth-order valence-electron chi connectivity index (χ4n) is 3.07. The Balaban J connectivity index is 1.87. The molecule has 6 nitrogen and oxygen atoms in total. The monoisotopic (exact) mass is 348 g/mol. The molecule has 1 aliphatic heterocycles. The van der Waals surface area contributed by atoms with Crippen molar-refractivity contribution in [3.8, 4) is 11.5 Å². The molecule has 1 fully saturated rings. The number of methoxy groups -OCH3 is 2. The molecule has 0 spiro atoms. The molecule has 0 radical (unpaired) electrons. The Morgan fingerprint density at radius 3 is 2.48 bits per heavy atom. The second-order valence-electron chi connectivity index (χ2n) is 6.31. The van der Waals surface area contributed by atoms with Crippen LogP contribution in [0.4, 0.5) is 0 Å². The first-order chi connectivity index (χ1) is 12.1. The maximum Gasteiger partial charge on any atom is 0.251 e. The fraction of sp³-hybridized carbons (Fsp3) is 0.579. The number of rotatable bonds is 7. The Hall–Kier alpha value is -2.24. The third kappa shape index (κ3) is 5.11. The molecule has 0 unspecified atom stereocenters. The summed E-state index contributed by atoms with van der Waals surface area (Å²) in [5, 5.41) is 2.90. The molecule has 1 heterocycles. The summed E-state index contributed by atoms with van der Waals surface area (Å²) in [6.45, 7) is 3.94. The molecule has 1 aliphatic rings. The highest BCUT2D eigenvalue weighted by Crippen LogP contribution is 2.29. The minimum absolute atomic E-state index is 0.168. The van der Waals surface area contributed by atoms with Crippen molar-refractivity contribution in [2.75, 3.05) is 33.9 Å². The predicted molar refractivity (Wildman–Crippen MR) is 96.3 cm³/mol. The number of nitrogens with one attached hydrogen (secondary N) is 1. The summed E-state index contributed by atoms with van der Waals surface area (Å²) in [4.78, 5) is 26.2. The third-order valence-electron chi connectivity index (χ3n) is 4.58. The molecule has 0 bridgehead atoms. The van der Waals surface area contributed by atoms with Gasteiger partial charge >= 0.3 is 0 Å². The largest absolute Gasteiger partial charge is 0.496 e. The fourth-order valence-corrected chi connectivity index (χ4v) is 3.07. The van der Waals surface area contributed by atoms with Crippen molar-refractivity contribution in [2.24, 2.45) is 0 Å². The van der Waals surface area contributed by atoms with Gasteiger partial charge in [-0.2, -0.15) is 0 Å². The van der Waals surface area contributed by atoms with E-state index in [4.69, 9.17) is 9.47 Å². The van der Waals surface area contributed by atoms with Gasteiger partial charge in [0.2, 0.25) is 5.91 Å². The Morgan fingerprint density at radius 1 is 1.16 bits per heavy atom. The normalized spacial score (nSPS) is 14.8. The van der Waals surface area contributed by atoms with Gasteiger partial charge in [0.1, 0.15) is 11.5 Å². The van der Waals surface area contributed by atoms with Crippen molar-refractivity contribution >= 4 is 11.8 Å². The average Bonchev–Trinajstić information content (AvgIpc) is 2.83. The van der Waals surface area contributed by atoms with E-state index in [1.165, 1.54) is 0 Å². The van der Waals surface area contributed by atoms with Gasteiger partial charge in [0.25, 0.3) is 5.91 Å². The highest BCUT2D eigenvalue weighted by atomic mass is 16.5. The number of nitrogens with zero attached hydrogens (tertiary/aromatic N) is 1. The van der Waals surface area contributed by atoms with E-state index < -0.39 is 0 Å². The summed E-state index contributed by atoms with van der Waals surface area (Å²) in [5.41, 5.74) is 1.37. The van der Waals surface area contributed by atoms with Crippen LogP contribution in [0.3, 0.4) is 0 Å². The molecule has 25 heavy (non-hydrogen) atoms. The maximum atomic E-state index is 12.4. The predicted octanol–water partition coefficient (Wildman–Crippen LogP) is 2.53. The van der Waals surface area contributed by atoms with Gasteiger partial charge in [0, 0.05) is 37.2 Å². The van der Waals surface area contributed by atoms with E-state index in [-0.39, 0.29) is 11.8 Å². The first kappa shape index (κ1) is 19.1. The second-order valence-corrected chi connectivity index (χ2v) is 6.31. The van der Waals surface area contributed by atoms with Crippen LogP contribution < -0.4 is 14.8 Å². The summed E-state index contributed by atoms with van der Waals surface area (Å²) in [5.74, 6) is 1.31. The lowest BCUT2D eigenvalue weighted by molar-refractivity contribution is -0.130. The van der Waals surface area contributed by atoms with E-state index >= 15 is 0 Å². The van der Waals surface area contributed by atoms with Gasteiger partial charge in [-0.05, 0) is 38.3 Å². The summed E-state index contributed by atoms with van der Waals surface area (Å²) < 4.78 is 10.6. The highest BCUT2D eigenvalue weighted by Gasteiger charge is 2.16. The second kappa shape index (κ2) is 9.30. The zero-order valence-electron chi connectivity index (χ0n) is 15.4. The van der Waals surface area contributed by atoms with Gasteiger partial charge in [0.05, 0.1) is 14.2 Å². The van der Waals surface area contributed by atoms with Crippen LogP contribution in [0.15, 0.2) is 12.1 Å². The molecule has 0 aromatic heterocycles. The minimum Gasteiger partial charge on any atom is -0.496 e. The topological polar surface area (TPSA) is 67.9 Å². The van der Waals surface area contributed by atoms with E-state index in [2.05, 4.69) is 5.32 Å². The maximum absolute atomic E-state index is 12.4. The van der Waals surface area contributed by atoms with E-state index in [9.17, 15) is 9.59 Å². The summed E-state index contributed by atoms with van der Waals surface area (Å²) >= 11 is 0. The van der Waals surface area contributed by atoms with E-state index in [0.29, 0.717) is 36.6 Å². The van der Waals surface area contributed by atoms with E-state index in [1.807, 2.05) is 11.8 Å². The molecule has 0 aliphatic carbocycles. The van der Waals surface area contributed by atoms with Crippen molar-refractivity contribution in [3.05, 3.63) is 23.3 Å². The SMILES string of the molecule is COc1cc(C(=O)NCCCN2CCCCCC2=O)cc(OC)c1C. The lowest BCUT2D eigenvalue weighted by Crippen LogP contribution is -2.34. The lowest BCUT2D eigenvalue weighted by Gasteiger charge is -2.20. The smallest absolute Gasteiger partial charge is 0.251 e. The molecular weight excluding hydrogens is 320 g/mol. The van der Waals surface area contributed by atoms with Gasteiger partial charge < -0.3 is 19.7 Å². The highest BCUT2D eigenvalue weighted by molar-refractivity contribution is 5.95. The van der Waals surface area contributed by atoms with Gasteiger partial charge in [-0.3, -0.25) is 9.59 Å². The standard InChI is InChI=1S/C19H28N2O4/c1-14-16(24-2)12-15(13-17(14)25-3)19(23)20-9-7-11-21-10-6-4-5-8-18(21)22/h12-13H,4-11H2,1-3H3,(H,20,23). The number of likely N-dealkylation sites (tertiary alicyclic amines) is 1. The van der Waals surface area contributed by atoms with Crippen LogP contribution in [0.5, 0.6) is 11.5 Å². The van der Waals surface area contributed by atoms with Gasteiger partial charge in [-0.25, -0.2) is 0 Å². The van der Waals surface area contributed by atoms with E-state index in [1.54, 1.807) is 26.4 Å². The zero-order valence-corrected chi connectivity index (χ0v) is 15.4. The van der Waals surface area contributed by atoms with E-state index in [0.717, 1.165) is 37.8 Å². The van der Waals surface area contributed by atoms with Crippen LogP contribution >= 0.6 is 0 Å². The van der Waals surface area contributed by atoms with Gasteiger partial charge in [-0.15, -0.1) is 0 Å². The molecule has 0 atom stereocenters.